The fourth-order valence-corrected chi connectivity index (χ4v) is 8.48. The normalized spacial score (nSPS) is 39.5. The average molecular weight is 590 g/mol. The molecule has 4 saturated carbocycles. The van der Waals surface area contributed by atoms with Crippen molar-refractivity contribution in [1.29, 1.82) is 0 Å². The number of carbonyl (C=O) groups excluding carboxylic acids is 1. The van der Waals surface area contributed by atoms with Gasteiger partial charge in [-0.15, -0.1) is 23.2 Å². The largest absolute Gasteiger partial charge is 0.481 e. The third-order valence-corrected chi connectivity index (χ3v) is 10.9. The molecule has 10 atom stereocenters. The summed E-state index contributed by atoms with van der Waals surface area (Å²) in [5.74, 6) is -2.00. The van der Waals surface area contributed by atoms with Crippen LogP contribution in [0.5, 0.6) is 0 Å². The van der Waals surface area contributed by atoms with E-state index < -0.39 is 23.8 Å². The zero-order chi connectivity index (χ0) is 27.9. The van der Waals surface area contributed by atoms with E-state index in [1.54, 1.807) is 0 Å². The van der Waals surface area contributed by atoms with Crippen LogP contribution < -0.4 is 10.8 Å². The number of hydrogen-bond donors (Lipinski definition) is 4. The first-order chi connectivity index (χ1) is 18.7. The second-order valence-electron chi connectivity index (χ2n) is 12.6. The summed E-state index contributed by atoms with van der Waals surface area (Å²) in [6, 6.07) is -0.0366. The number of nitrogens with one attached hydrogen (secondary N) is 2. The third-order valence-electron chi connectivity index (χ3n) is 9.93. The van der Waals surface area contributed by atoms with E-state index in [9.17, 15) is 24.6 Å². The monoisotopic (exact) mass is 588 g/mol. The van der Waals surface area contributed by atoms with E-state index in [0.29, 0.717) is 31.3 Å². The van der Waals surface area contributed by atoms with Crippen LogP contribution in [-0.2, 0) is 19.2 Å². The maximum Gasteiger partial charge on any atom is 0.307 e. The molecule has 4 aliphatic carbocycles. The van der Waals surface area contributed by atoms with Crippen LogP contribution >= 0.6 is 23.2 Å². The molecule has 0 aromatic heterocycles. The molecule has 0 saturated heterocycles. The number of hydroxylamine groups is 1. The zero-order valence-electron chi connectivity index (χ0n) is 22.9. The lowest BCUT2D eigenvalue weighted by Crippen LogP contribution is -2.49. The summed E-state index contributed by atoms with van der Waals surface area (Å²) in [7, 11) is 0. The number of aliphatic carboxylic acids is 2. The summed E-state index contributed by atoms with van der Waals surface area (Å²) in [6.07, 6.45) is 13.3. The molecule has 0 bridgehead atoms. The van der Waals surface area contributed by atoms with E-state index in [-0.39, 0.29) is 40.6 Å². The van der Waals surface area contributed by atoms with Gasteiger partial charge in [-0.05, 0) is 88.4 Å². The Kier molecular flexibility index (Phi) is 11.6. The van der Waals surface area contributed by atoms with Gasteiger partial charge in [0.1, 0.15) is 0 Å². The SMILES string of the molecule is O=C(O)C1CCCCC1CONC1CCC(CC2CCC(NC(=O)C3CCCCC3C(=O)O)C(Cl)C2)CC1Cl. The van der Waals surface area contributed by atoms with Gasteiger partial charge in [0.05, 0.1) is 35.1 Å². The minimum Gasteiger partial charge on any atom is -0.481 e. The maximum atomic E-state index is 12.9. The van der Waals surface area contributed by atoms with E-state index in [4.69, 9.17) is 28.0 Å². The summed E-state index contributed by atoms with van der Waals surface area (Å²) >= 11 is 13.5. The Bertz CT molecular complexity index is 847. The van der Waals surface area contributed by atoms with Gasteiger partial charge in [0.2, 0.25) is 5.91 Å². The fourth-order valence-electron chi connectivity index (χ4n) is 7.61. The van der Waals surface area contributed by atoms with Gasteiger partial charge in [-0.2, -0.15) is 5.48 Å². The highest BCUT2D eigenvalue weighted by atomic mass is 35.5. The summed E-state index contributed by atoms with van der Waals surface area (Å²) < 4.78 is 0. The molecule has 0 spiro atoms. The molecule has 0 aromatic rings. The molecule has 4 N–H and O–H groups in total. The number of amides is 1. The minimum atomic E-state index is -0.869. The number of rotatable bonds is 10. The number of halogens is 2. The van der Waals surface area contributed by atoms with Gasteiger partial charge in [0.25, 0.3) is 0 Å². The predicted octanol–water partition coefficient (Wildman–Crippen LogP) is 5.35. The van der Waals surface area contributed by atoms with Crippen molar-refractivity contribution in [3.8, 4) is 0 Å². The molecular formula is C29H46Cl2N2O6. The van der Waals surface area contributed by atoms with Crippen molar-refractivity contribution >= 4 is 41.0 Å². The third kappa shape index (κ3) is 8.46. The standard InChI is InChI=1S/C29H46Cl2N2O6/c30-23-14-17(9-11-25(23)32-27(34)21-7-3-4-8-22(21)29(37)38)13-18-10-12-26(24(31)15-18)33-39-16-19-5-1-2-6-20(19)28(35)36/h17-26,33H,1-16H2,(H,32,34)(H,35,36)(H,37,38). The van der Waals surface area contributed by atoms with Gasteiger partial charge < -0.3 is 20.4 Å². The molecule has 222 valence electrons. The Balaban J connectivity index is 1.16. The van der Waals surface area contributed by atoms with Crippen molar-refractivity contribution < 1.29 is 29.4 Å². The van der Waals surface area contributed by atoms with Crippen molar-refractivity contribution in [3.63, 3.8) is 0 Å². The van der Waals surface area contributed by atoms with Crippen LogP contribution in [-0.4, -0.2) is 57.5 Å². The number of carboxylic acids is 2. The molecule has 1 amide bonds. The highest BCUT2D eigenvalue weighted by molar-refractivity contribution is 6.21. The van der Waals surface area contributed by atoms with Crippen molar-refractivity contribution in [2.45, 2.75) is 119 Å². The number of carboxylic acid groups (broad SMARTS) is 2. The van der Waals surface area contributed by atoms with E-state index in [2.05, 4.69) is 10.8 Å². The molecule has 10 heteroatoms. The Labute approximate surface area is 242 Å². The summed E-state index contributed by atoms with van der Waals surface area (Å²) in [4.78, 5) is 41.8. The fraction of sp³-hybridized carbons (Fsp3) is 0.897. The quantitative estimate of drug-likeness (QED) is 0.200. The van der Waals surface area contributed by atoms with Crippen molar-refractivity contribution in [2.24, 2.45) is 35.5 Å². The highest BCUT2D eigenvalue weighted by Crippen LogP contribution is 2.39. The van der Waals surface area contributed by atoms with Crippen molar-refractivity contribution in [2.75, 3.05) is 6.61 Å². The molecule has 10 unspecified atom stereocenters. The molecule has 39 heavy (non-hydrogen) atoms. The lowest BCUT2D eigenvalue weighted by atomic mass is 9.75. The maximum absolute atomic E-state index is 12.9. The zero-order valence-corrected chi connectivity index (χ0v) is 24.4. The molecule has 4 aliphatic rings. The average Bonchev–Trinajstić information content (AvgIpc) is 2.91. The van der Waals surface area contributed by atoms with Gasteiger partial charge in [0.15, 0.2) is 0 Å². The van der Waals surface area contributed by atoms with Gasteiger partial charge in [0, 0.05) is 12.1 Å². The van der Waals surface area contributed by atoms with Crippen LogP contribution in [0.25, 0.3) is 0 Å². The van der Waals surface area contributed by atoms with Crippen LogP contribution in [0.4, 0.5) is 0 Å². The van der Waals surface area contributed by atoms with E-state index in [1.165, 1.54) is 0 Å². The van der Waals surface area contributed by atoms with Crippen LogP contribution in [0.2, 0.25) is 0 Å². The Morgan fingerprint density at radius 1 is 0.692 bits per heavy atom. The number of carbonyl (C=O) groups is 3. The smallest absolute Gasteiger partial charge is 0.307 e. The second kappa shape index (κ2) is 14.7. The lowest BCUT2D eigenvalue weighted by Gasteiger charge is -2.39. The highest BCUT2D eigenvalue weighted by Gasteiger charge is 2.39. The van der Waals surface area contributed by atoms with Crippen molar-refractivity contribution in [1.82, 2.24) is 10.8 Å². The number of hydrogen-bond acceptors (Lipinski definition) is 5. The molecule has 0 aromatic carbocycles. The van der Waals surface area contributed by atoms with Crippen molar-refractivity contribution in [3.05, 3.63) is 0 Å². The molecule has 0 heterocycles. The predicted molar refractivity (Wildman–Crippen MR) is 150 cm³/mol. The first-order valence-corrected chi connectivity index (χ1v) is 16.0. The molecule has 8 nitrogen and oxygen atoms in total. The first-order valence-electron chi connectivity index (χ1n) is 15.1. The Morgan fingerprint density at radius 3 is 1.82 bits per heavy atom. The summed E-state index contributed by atoms with van der Waals surface area (Å²) in [5.41, 5.74) is 3.15. The Morgan fingerprint density at radius 2 is 1.23 bits per heavy atom. The minimum absolute atomic E-state index is 0.0366. The van der Waals surface area contributed by atoms with Gasteiger partial charge in [-0.3, -0.25) is 14.4 Å². The Hall–Kier alpha value is -1.09. The molecular weight excluding hydrogens is 543 g/mol. The van der Waals surface area contributed by atoms with Gasteiger partial charge >= 0.3 is 11.9 Å². The van der Waals surface area contributed by atoms with E-state index in [0.717, 1.165) is 83.5 Å². The van der Waals surface area contributed by atoms with Crippen LogP contribution in [0, 0.1) is 35.5 Å². The molecule has 0 aliphatic heterocycles. The van der Waals surface area contributed by atoms with Gasteiger partial charge in [-0.25, -0.2) is 0 Å². The first kappa shape index (κ1) is 30.9. The molecule has 0 radical (unpaired) electrons. The topological polar surface area (TPSA) is 125 Å². The van der Waals surface area contributed by atoms with Crippen LogP contribution in [0.1, 0.15) is 96.3 Å². The number of alkyl halides is 2. The van der Waals surface area contributed by atoms with Crippen LogP contribution in [0.3, 0.4) is 0 Å². The van der Waals surface area contributed by atoms with Gasteiger partial charge in [-0.1, -0.05) is 25.7 Å². The molecule has 4 fully saturated rings. The lowest BCUT2D eigenvalue weighted by molar-refractivity contribution is -0.149. The van der Waals surface area contributed by atoms with E-state index in [1.807, 2.05) is 0 Å². The summed E-state index contributed by atoms with van der Waals surface area (Å²) in [5, 5.41) is 21.9. The second-order valence-corrected chi connectivity index (χ2v) is 13.7. The van der Waals surface area contributed by atoms with E-state index >= 15 is 0 Å². The van der Waals surface area contributed by atoms with Crippen LogP contribution in [0.15, 0.2) is 0 Å². The summed E-state index contributed by atoms with van der Waals surface area (Å²) in [6.45, 7) is 0.412. The molecule has 4 rings (SSSR count).